The van der Waals surface area contributed by atoms with Crippen LogP contribution in [0.3, 0.4) is 0 Å². The number of hydrogen-bond donors (Lipinski definition) is 3. The van der Waals surface area contributed by atoms with Gasteiger partial charge in [0.2, 0.25) is 0 Å². The molecular formula is C12H31N3Si. The molecule has 0 radical (unpaired) electrons. The van der Waals surface area contributed by atoms with E-state index >= 15 is 0 Å². The maximum absolute atomic E-state index is 3.75. The van der Waals surface area contributed by atoms with Crippen LogP contribution in [0.2, 0.25) is 6.04 Å². The van der Waals surface area contributed by atoms with Gasteiger partial charge in [-0.25, -0.2) is 0 Å². The molecule has 0 fully saturated rings. The third kappa shape index (κ3) is 5.99. The third-order valence-corrected chi connectivity index (χ3v) is 4.26. The molecule has 0 aromatic rings. The highest BCUT2D eigenvalue weighted by molar-refractivity contribution is 6.32. The highest BCUT2D eigenvalue weighted by atomic mass is 28.2. The molecule has 0 bridgehead atoms. The Kier molecular flexibility index (Phi) is 7.47. The highest BCUT2D eigenvalue weighted by Crippen LogP contribution is 2.08. The summed E-state index contributed by atoms with van der Waals surface area (Å²) in [6, 6.07) is 2.74. The lowest BCUT2D eigenvalue weighted by Crippen LogP contribution is -2.68. The molecule has 0 saturated heterocycles. The topological polar surface area (TPSA) is 36.1 Å². The van der Waals surface area contributed by atoms with Crippen molar-refractivity contribution in [1.29, 1.82) is 0 Å². The average molecular weight is 245 g/mol. The normalized spacial score (nSPS) is 18.6. The monoisotopic (exact) mass is 245 g/mol. The Hall–Kier alpha value is 0.0969. The van der Waals surface area contributed by atoms with Crippen molar-refractivity contribution in [3.05, 3.63) is 0 Å². The summed E-state index contributed by atoms with van der Waals surface area (Å²) in [6.07, 6.45) is 0. The van der Waals surface area contributed by atoms with Gasteiger partial charge in [-0.05, 0) is 27.7 Å². The summed E-state index contributed by atoms with van der Waals surface area (Å²) in [5.74, 6) is 0. The van der Waals surface area contributed by atoms with Gasteiger partial charge in [0, 0.05) is 18.1 Å². The molecule has 0 aromatic heterocycles. The molecule has 4 heteroatoms. The molecule has 3 nitrogen and oxygen atoms in total. The first-order valence-electron chi connectivity index (χ1n) is 6.60. The van der Waals surface area contributed by atoms with E-state index in [2.05, 4.69) is 64.1 Å². The van der Waals surface area contributed by atoms with Crippen molar-refractivity contribution in [2.45, 2.75) is 78.3 Å². The largest absolute Gasteiger partial charge is 0.325 e. The van der Waals surface area contributed by atoms with Gasteiger partial charge in [0.05, 0.1) is 15.3 Å². The van der Waals surface area contributed by atoms with Gasteiger partial charge in [0.1, 0.15) is 0 Å². The molecule has 98 valence electrons. The Morgan fingerprint density at radius 1 is 1.06 bits per heavy atom. The molecule has 0 saturated carbocycles. The first kappa shape index (κ1) is 16.1. The van der Waals surface area contributed by atoms with E-state index in [1.165, 1.54) is 6.04 Å². The van der Waals surface area contributed by atoms with Crippen LogP contribution in [0.1, 0.15) is 48.5 Å². The second-order valence-electron chi connectivity index (χ2n) is 5.47. The summed E-state index contributed by atoms with van der Waals surface area (Å²) in [7, 11) is -0.155. The van der Waals surface area contributed by atoms with Crippen molar-refractivity contribution in [2.75, 3.05) is 0 Å². The minimum atomic E-state index is -0.155. The minimum absolute atomic E-state index is 0.0146. The molecule has 0 aromatic carbocycles. The van der Waals surface area contributed by atoms with Crippen LogP contribution in [0.15, 0.2) is 0 Å². The average Bonchev–Trinajstić information content (AvgIpc) is 2.12. The zero-order valence-electron chi connectivity index (χ0n) is 12.1. The predicted molar refractivity (Wildman–Crippen MR) is 76.6 cm³/mol. The molecule has 0 aliphatic carbocycles. The summed E-state index contributed by atoms with van der Waals surface area (Å²) < 4.78 is 0. The van der Waals surface area contributed by atoms with E-state index in [1.54, 1.807) is 0 Å². The van der Waals surface area contributed by atoms with Gasteiger partial charge in [-0.2, -0.15) is 0 Å². The fourth-order valence-corrected chi connectivity index (χ4v) is 3.16. The van der Waals surface area contributed by atoms with E-state index < -0.39 is 0 Å². The lowest BCUT2D eigenvalue weighted by Gasteiger charge is -2.41. The van der Waals surface area contributed by atoms with Crippen LogP contribution in [0.5, 0.6) is 0 Å². The van der Waals surface area contributed by atoms with Gasteiger partial charge in [-0.15, -0.1) is 0 Å². The standard InChI is InChI=1S/C12H31N3Si/c1-8-16-15-12(7,14-10(4)5)11(6)13-9(2)3/h9-11,13-15H,8,16H2,1-7H3. The molecule has 2 unspecified atom stereocenters. The Balaban J connectivity index is 4.48. The summed E-state index contributed by atoms with van der Waals surface area (Å²) in [5, 5.41) is 7.25. The van der Waals surface area contributed by atoms with Gasteiger partial charge >= 0.3 is 0 Å². The van der Waals surface area contributed by atoms with Gasteiger partial charge in [-0.1, -0.05) is 26.8 Å². The molecule has 3 N–H and O–H groups in total. The number of hydrogen-bond acceptors (Lipinski definition) is 3. The van der Waals surface area contributed by atoms with Crippen LogP contribution in [0, 0.1) is 0 Å². The Bertz CT molecular complexity index is 185. The Morgan fingerprint density at radius 2 is 1.62 bits per heavy atom. The minimum Gasteiger partial charge on any atom is -0.325 e. The van der Waals surface area contributed by atoms with Crippen molar-refractivity contribution >= 4 is 9.68 Å². The van der Waals surface area contributed by atoms with Crippen molar-refractivity contribution < 1.29 is 0 Å². The number of rotatable bonds is 8. The molecule has 16 heavy (non-hydrogen) atoms. The van der Waals surface area contributed by atoms with E-state index in [0.717, 1.165) is 0 Å². The van der Waals surface area contributed by atoms with Crippen molar-refractivity contribution in [2.24, 2.45) is 0 Å². The van der Waals surface area contributed by atoms with Crippen LogP contribution in [-0.2, 0) is 0 Å². The smallest absolute Gasteiger partial charge is 0.0935 e. The van der Waals surface area contributed by atoms with Crippen molar-refractivity contribution in [1.82, 2.24) is 15.6 Å². The second kappa shape index (κ2) is 7.43. The molecule has 0 heterocycles. The van der Waals surface area contributed by atoms with Crippen LogP contribution in [0.4, 0.5) is 0 Å². The van der Waals surface area contributed by atoms with Crippen molar-refractivity contribution in [3.8, 4) is 0 Å². The second-order valence-corrected chi connectivity index (χ2v) is 7.32. The lowest BCUT2D eigenvalue weighted by atomic mass is 10.0. The third-order valence-electron chi connectivity index (χ3n) is 2.78. The van der Waals surface area contributed by atoms with E-state index in [-0.39, 0.29) is 15.3 Å². The maximum atomic E-state index is 3.75. The fourth-order valence-electron chi connectivity index (χ4n) is 1.98. The highest BCUT2D eigenvalue weighted by Gasteiger charge is 2.30. The fraction of sp³-hybridized carbons (Fsp3) is 1.00. The quantitative estimate of drug-likeness (QED) is 0.444. The molecule has 0 spiro atoms. The number of nitrogens with one attached hydrogen (secondary N) is 3. The first-order chi connectivity index (χ1) is 7.31. The van der Waals surface area contributed by atoms with Gasteiger partial charge in [0.15, 0.2) is 0 Å². The molecule has 0 rings (SSSR count). The summed E-state index contributed by atoms with van der Waals surface area (Å²) in [4.78, 5) is 3.75. The lowest BCUT2D eigenvalue weighted by molar-refractivity contribution is 0.223. The molecular weight excluding hydrogens is 214 g/mol. The van der Waals surface area contributed by atoms with E-state index in [9.17, 15) is 0 Å². The Labute approximate surface area is 104 Å². The zero-order chi connectivity index (χ0) is 12.8. The summed E-state index contributed by atoms with van der Waals surface area (Å²) in [6.45, 7) is 15.6. The predicted octanol–water partition coefficient (Wildman–Crippen LogP) is 1.20. The van der Waals surface area contributed by atoms with Crippen molar-refractivity contribution in [3.63, 3.8) is 0 Å². The van der Waals surface area contributed by atoms with Crippen LogP contribution >= 0.6 is 0 Å². The van der Waals surface area contributed by atoms with Crippen LogP contribution in [0.25, 0.3) is 0 Å². The van der Waals surface area contributed by atoms with Gasteiger partial charge in [-0.3, -0.25) is 5.32 Å². The first-order valence-corrected chi connectivity index (χ1v) is 8.31. The van der Waals surface area contributed by atoms with Crippen LogP contribution in [-0.4, -0.2) is 33.5 Å². The molecule has 0 aliphatic rings. The van der Waals surface area contributed by atoms with Gasteiger partial charge < -0.3 is 10.3 Å². The van der Waals surface area contributed by atoms with Crippen LogP contribution < -0.4 is 15.6 Å². The molecule has 0 aliphatic heterocycles. The van der Waals surface area contributed by atoms with E-state index in [1.807, 2.05) is 0 Å². The Morgan fingerprint density at radius 3 is 2.00 bits per heavy atom. The molecule has 0 amide bonds. The SMILES string of the molecule is CC[SiH2]NC(C)(NC(C)C)C(C)NC(C)C. The van der Waals surface area contributed by atoms with E-state index in [4.69, 9.17) is 0 Å². The zero-order valence-corrected chi connectivity index (χ0v) is 13.6. The molecule has 2 atom stereocenters. The summed E-state index contributed by atoms with van der Waals surface area (Å²) >= 11 is 0. The van der Waals surface area contributed by atoms with Gasteiger partial charge in [0.25, 0.3) is 0 Å². The maximum Gasteiger partial charge on any atom is 0.0935 e. The van der Waals surface area contributed by atoms with E-state index in [0.29, 0.717) is 18.1 Å². The summed E-state index contributed by atoms with van der Waals surface area (Å²) in [5.41, 5.74) is 0.0146.